The van der Waals surface area contributed by atoms with Crippen molar-refractivity contribution < 1.29 is 0 Å². The summed E-state index contributed by atoms with van der Waals surface area (Å²) in [6, 6.07) is 0. The van der Waals surface area contributed by atoms with Crippen molar-refractivity contribution in [2.45, 2.75) is 158 Å². The van der Waals surface area contributed by atoms with E-state index in [9.17, 15) is 0 Å². The Balaban J connectivity index is 4.02. The molecule has 0 aromatic heterocycles. The minimum absolute atomic E-state index is 1.33. The molecule has 0 atom stereocenters. The van der Waals surface area contributed by atoms with Crippen LogP contribution in [0.25, 0.3) is 0 Å². The number of hydrogen-bond acceptors (Lipinski definition) is 0. The van der Waals surface area contributed by atoms with Crippen LogP contribution in [0.15, 0.2) is 0 Å². The first-order valence-electron chi connectivity index (χ1n) is 12.5. The first-order valence-corrected chi connectivity index (χ1v) is 18.4. The van der Waals surface area contributed by atoms with Crippen LogP contribution in [0, 0.1) is 0 Å². The molecule has 159 valence electrons. The molecule has 0 aromatic rings. The maximum absolute atomic E-state index is 2.79. The van der Waals surface area contributed by atoms with Crippen molar-refractivity contribution in [3.05, 3.63) is 0 Å². The molecule has 0 aliphatic carbocycles. The zero-order valence-electron chi connectivity index (χ0n) is 19.3. The van der Waals surface area contributed by atoms with E-state index in [-0.39, 0.29) is 0 Å². The van der Waals surface area contributed by atoms with Gasteiger partial charge in [0.2, 0.25) is 0 Å². The van der Waals surface area contributed by atoms with E-state index in [2.05, 4.69) is 26.5 Å². The molecule has 0 rings (SSSR count). The van der Waals surface area contributed by atoms with Crippen molar-refractivity contribution in [1.82, 2.24) is 0 Å². The predicted octanol–water partition coefficient (Wildman–Crippen LogP) is 10.1. The zero-order chi connectivity index (χ0) is 19.3. The van der Waals surface area contributed by atoms with Crippen LogP contribution in [0.5, 0.6) is 0 Å². The van der Waals surface area contributed by atoms with Crippen LogP contribution in [0.4, 0.5) is 0 Å². The molecule has 0 N–H and O–H groups in total. The zero-order valence-corrected chi connectivity index (χ0v) is 21.2. The van der Waals surface area contributed by atoms with Crippen LogP contribution in [0.3, 0.4) is 0 Å². The third kappa shape index (κ3) is 17.9. The second kappa shape index (κ2) is 20.3. The van der Waals surface area contributed by atoms with Crippen molar-refractivity contribution in [2.75, 3.05) is 0 Å². The molecular weight excluding hydrogens is 375 g/mol. The normalized spacial score (nSPS) is 12.0. The molecular formula is C25H54As. The molecule has 0 nitrogen and oxygen atoms in total. The average Bonchev–Trinajstić information content (AvgIpc) is 2.64. The van der Waals surface area contributed by atoms with Crippen LogP contribution >= 0.6 is 0 Å². The Morgan fingerprint density at radius 3 is 0.846 bits per heavy atom. The van der Waals surface area contributed by atoms with E-state index in [1.54, 1.807) is 34.9 Å². The van der Waals surface area contributed by atoms with Gasteiger partial charge < -0.3 is 0 Å². The second-order valence-corrected chi connectivity index (χ2v) is 18.7. The van der Waals surface area contributed by atoms with E-state index >= 15 is 0 Å². The molecule has 0 aliphatic heterocycles. The van der Waals surface area contributed by atoms with Gasteiger partial charge in [0.05, 0.1) is 0 Å². The Morgan fingerprint density at radius 2 is 0.577 bits per heavy atom. The monoisotopic (exact) mass is 429 g/mol. The first-order chi connectivity index (χ1) is 12.7. The molecule has 0 amide bonds. The van der Waals surface area contributed by atoms with Crippen LogP contribution in [-0.2, 0) is 0 Å². The fourth-order valence-corrected chi connectivity index (χ4v) is 11.8. The van der Waals surface area contributed by atoms with Crippen molar-refractivity contribution in [3.8, 4) is 0 Å². The summed E-state index contributed by atoms with van der Waals surface area (Å²) in [6.45, 7) is 6.98. The van der Waals surface area contributed by atoms with E-state index in [0.717, 1.165) is 0 Å². The Bertz CT molecular complexity index is 220. The van der Waals surface area contributed by atoms with Gasteiger partial charge in [0.1, 0.15) is 0 Å². The summed E-state index contributed by atoms with van der Waals surface area (Å²) < 4.78 is 0. The van der Waals surface area contributed by atoms with Gasteiger partial charge in [-0.3, -0.25) is 0 Å². The van der Waals surface area contributed by atoms with E-state index in [0.29, 0.717) is 0 Å². The van der Waals surface area contributed by atoms with E-state index in [4.69, 9.17) is 0 Å². The summed E-state index contributed by atoms with van der Waals surface area (Å²) in [6.07, 6.45) is 26.6. The molecule has 0 saturated carbocycles. The van der Waals surface area contributed by atoms with Crippen LogP contribution < -0.4 is 0 Å². The fourth-order valence-electron chi connectivity index (χ4n) is 4.16. The molecule has 0 aliphatic rings. The van der Waals surface area contributed by atoms with Gasteiger partial charge in [-0.25, -0.2) is 0 Å². The van der Waals surface area contributed by atoms with E-state index in [1.807, 2.05) is 0 Å². The van der Waals surface area contributed by atoms with Crippen molar-refractivity contribution >= 4 is 13.6 Å². The molecule has 0 bridgehead atoms. The Labute approximate surface area is 171 Å². The van der Waals surface area contributed by atoms with Gasteiger partial charge in [-0.15, -0.1) is 0 Å². The molecule has 0 unspecified atom stereocenters. The topological polar surface area (TPSA) is 0 Å². The number of rotatable bonds is 21. The van der Waals surface area contributed by atoms with Gasteiger partial charge in [-0.05, 0) is 0 Å². The standard InChI is InChI=1S/C25H54As/c1-5-8-11-14-17-20-23-26(4,24-21-18-15-12-9-6-2)25-22-19-16-13-10-7-3/h5-25H2,1-4H3. The third-order valence-corrected chi connectivity index (χ3v) is 14.9. The SMILES string of the molecule is CCCCCCCC[As](C)(CCCCCCCC)CCCCCCCC. The van der Waals surface area contributed by atoms with Crippen LogP contribution in [-0.4, -0.2) is 13.6 Å². The Morgan fingerprint density at radius 1 is 0.346 bits per heavy atom. The van der Waals surface area contributed by atoms with E-state index < -0.39 is 13.6 Å². The van der Waals surface area contributed by atoms with Gasteiger partial charge in [-0.2, -0.15) is 0 Å². The molecule has 0 aromatic carbocycles. The summed E-state index contributed by atoms with van der Waals surface area (Å²) in [4.78, 5) is 0. The van der Waals surface area contributed by atoms with Crippen molar-refractivity contribution in [1.29, 1.82) is 0 Å². The van der Waals surface area contributed by atoms with Gasteiger partial charge >= 0.3 is 171 Å². The van der Waals surface area contributed by atoms with Gasteiger partial charge in [0.25, 0.3) is 0 Å². The van der Waals surface area contributed by atoms with Crippen molar-refractivity contribution in [2.24, 2.45) is 0 Å². The molecule has 0 fully saturated rings. The molecule has 1 radical (unpaired) electrons. The summed E-state index contributed by atoms with van der Waals surface area (Å²) in [5.74, 6) is 0. The van der Waals surface area contributed by atoms with Crippen LogP contribution in [0.1, 0.15) is 136 Å². The Kier molecular flexibility index (Phi) is 20.7. The first kappa shape index (κ1) is 26.6. The molecule has 26 heavy (non-hydrogen) atoms. The molecule has 0 spiro atoms. The summed E-state index contributed by atoms with van der Waals surface area (Å²) in [7, 11) is 0. The van der Waals surface area contributed by atoms with E-state index in [1.165, 1.54) is 96.3 Å². The minimum atomic E-state index is -1.33. The quantitative estimate of drug-likeness (QED) is 0.126. The molecule has 0 saturated heterocycles. The predicted molar refractivity (Wildman–Crippen MR) is 126 cm³/mol. The summed E-state index contributed by atoms with van der Waals surface area (Å²) >= 11 is -1.33. The third-order valence-electron chi connectivity index (χ3n) is 6.15. The Hall–Kier alpha value is 0.558. The van der Waals surface area contributed by atoms with Crippen LogP contribution in [0.2, 0.25) is 21.3 Å². The number of unbranched alkanes of at least 4 members (excludes halogenated alkanes) is 15. The molecule has 0 heterocycles. The fraction of sp³-hybridized carbons (Fsp3) is 1.00. The second-order valence-electron chi connectivity index (χ2n) is 9.09. The molecule has 1 heteroatoms. The number of hydrogen-bond donors (Lipinski definition) is 0. The summed E-state index contributed by atoms with van der Waals surface area (Å²) in [5.41, 5.74) is 2.79. The van der Waals surface area contributed by atoms with Crippen molar-refractivity contribution in [3.63, 3.8) is 0 Å². The van der Waals surface area contributed by atoms with Gasteiger partial charge in [0.15, 0.2) is 0 Å². The van der Waals surface area contributed by atoms with Gasteiger partial charge in [0, 0.05) is 0 Å². The maximum atomic E-state index is 2.79. The average molecular weight is 430 g/mol. The van der Waals surface area contributed by atoms with Gasteiger partial charge in [-0.1, -0.05) is 0 Å². The summed E-state index contributed by atoms with van der Waals surface area (Å²) in [5, 5.41) is 4.98.